The SMILES string of the molecule is CC(C)c1ncc(CN2CCCNC(=O)C2Cc2ccccc2)s1. The highest BCUT2D eigenvalue weighted by atomic mass is 32.1. The fourth-order valence-electron chi connectivity index (χ4n) is 3.04. The van der Waals surface area contributed by atoms with E-state index in [-0.39, 0.29) is 11.9 Å². The topological polar surface area (TPSA) is 45.2 Å². The summed E-state index contributed by atoms with van der Waals surface area (Å²) in [5.41, 5.74) is 1.21. The third-order valence-electron chi connectivity index (χ3n) is 4.36. The van der Waals surface area contributed by atoms with Crippen LogP contribution in [0.5, 0.6) is 0 Å². The molecule has 128 valence electrons. The second-order valence-electron chi connectivity index (χ2n) is 6.64. The Morgan fingerprint density at radius 3 is 2.83 bits per heavy atom. The van der Waals surface area contributed by atoms with Crippen molar-refractivity contribution in [2.24, 2.45) is 0 Å². The first kappa shape index (κ1) is 17.1. The lowest BCUT2D eigenvalue weighted by Crippen LogP contribution is -2.45. The molecule has 0 spiro atoms. The van der Waals surface area contributed by atoms with Gasteiger partial charge in [0, 0.05) is 36.6 Å². The average molecular weight is 343 g/mol. The van der Waals surface area contributed by atoms with Crippen LogP contribution in [-0.2, 0) is 17.8 Å². The minimum atomic E-state index is -0.112. The molecule has 1 fully saturated rings. The third-order valence-corrected chi connectivity index (χ3v) is 5.64. The molecule has 1 N–H and O–H groups in total. The van der Waals surface area contributed by atoms with Gasteiger partial charge in [0.25, 0.3) is 0 Å². The summed E-state index contributed by atoms with van der Waals surface area (Å²) < 4.78 is 0. The van der Waals surface area contributed by atoms with E-state index in [9.17, 15) is 4.79 Å². The third kappa shape index (κ3) is 4.22. The van der Waals surface area contributed by atoms with Crippen molar-refractivity contribution < 1.29 is 4.79 Å². The van der Waals surface area contributed by atoms with Crippen molar-refractivity contribution >= 4 is 17.2 Å². The van der Waals surface area contributed by atoms with Gasteiger partial charge in [-0.2, -0.15) is 0 Å². The average Bonchev–Trinajstić information content (AvgIpc) is 2.98. The van der Waals surface area contributed by atoms with E-state index < -0.39 is 0 Å². The van der Waals surface area contributed by atoms with Crippen LogP contribution in [0.1, 0.15) is 41.6 Å². The molecule has 2 heterocycles. The Kier molecular flexibility index (Phi) is 5.63. The van der Waals surface area contributed by atoms with Gasteiger partial charge in [0.15, 0.2) is 0 Å². The minimum absolute atomic E-state index is 0.112. The lowest BCUT2D eigenvalue weighted by atomic mass is 10.0. The fraction of sp³-hybridized carbons (Fsp3) is 0.474. The molecule has 1 saturated heterocycles. The van der Waals surface area contributed by atoms with Crippen molar-refractivity contribution in [2.45, 2.75) is 45.2 Å². The van der Waals surface area contributed by atoms with Gasteiger partial charge in [-0.25, -0.2) is 4.98 Å². The molecule has 2 aromatic rings. The quantitative estimate of drug-likeness (QED) is 0.907. The predicted octanol–water partition coefficient (Wildman–Crippen LogP) is 3.20. The molecule has 4 nitrogen and oxygen atoms in total. The second-order valence-corrected chi connectivity index (χ2v) is 7.79. The monoisotopic (exact) mass is 343 g/mol. The number of aromatic nitrogens is 1. The molecule has 1 aliphatic rings. The molecule has 5 heteroatoms. The van der Waals surface area contributed by atoms with Gasteiger partial charge in [-0.15, -0.1) is 11.3 Å². The van der Waals surface area contributed by atoms with Gasteiger partial charge < -0.3 is 5.32 Å². The first-order chi connectivity index (χ1) is 11.6. The van der Waals surface area contributed by atoms with Crippen molar-refractivity contribution in [1.29, 1.82) is 0 Å². The standard InChI is InChI=1S/C19H25N3OS/c1-14(2)19-21-12-16(24-19)13-22-10-6-9-20-18(23)17(22)11-15-7-4-3-5-8-15/h3-5,7-8,12,14,17H,6,9-11,13H2,1-2H3,(H,20,23). The maximum absolute atomic E-state index is 12.6. The molecular weight excluding hydrogens is 318 g/mol. The molecule has 0 bridgehead atoms. The Labute approximate surface area is 147 Å². The van der Waals surface area contributed by atoms with Crippen LogP contribution in [-0.4, -0.2) is 34.9 Å². The number of nitrogens with zero attached hydrogens (tertiary/aromatic N) is 2. The van der Waals surface area contributed by atoms with Gasteiger partial charge in [-0.05, 0) is 18.4 Å². The van der Waals surface area contributed by atoms with Crippen molar-refractivity contribution in [3.05, 3.63) is 52.0 Å². The second kappa shape index (κ2) is 7.90. The molecule has 0 saturated carbocycles. The Morgan fingerprint density at radius 2 is 2.12 bits per heavy atom. The summed E-state index contributed by atoms with van der Waals surface area (Å²) in [7, 11) is 0. The van der Waals surface area contributed by atoms with Crippen LogP contribution in [0, 0.1) is 0 Å². The van der Waals surface area contributed by atoms with Crippen molar-refractivity contribution in [1.82, 2.24) is 15.2 Å². The molecule has 0 radical (unpaired) electrons. The molecule has 1 atom stereocenters. The van der Waals surface area contributed by atoms with Crippen LogP contribution in [0.15, 0.2) is 36.5 Å². The number of rotatable bonds is 5. The number of hydrogen-bond donors (Lipinski definition) is 1. The van der Waals surface area contributed by atoms with Crippen molar-refractivity contribution in [2.75, 3.05) is 13.1 Å². The van der Waals surface area contributed by atoms with Crippen LogP contribution in [0.3, 0.4) is 0 Å². The first-order valence-electron chi connectivity index (χ1n) is 8.64. The van der Waals surface area contributed by atoms with Crippen molar-refractivity contribution in [3.8, 4) is 0 Å². The van der Waals surface area contributed by atoms with E-state index in [1.165, 1.54) is 15.4 Å². The molecule has 1 unspecified atom stereocenters. The first-order valence-corrected chi connectivity index (χ1v) is 9.45. The van der Waals surface area contributed by atoms with E-state index in [1.807, 2.05) is 24.4 Å². The lowest BCUT2D eigenvalue weighted by molar-refractivity contribution is -0.125. The number of amides is 1. The molecule has 1 amide bonds. The largest absolute Gasteiger partial charge is 0.355 e. The minimum Gasteiger partial charge on any atom is -0.355 e. The Balaban J connectivity index is 1.77. The van der Waals surface area contributed by atoms with Crippen molar-refractivity contribution in [3.63, 3.8) is 0 Å². The van der Waals surface area contributed by atoms with Gasteiger partial charge in [0.05, 0.1) is 11.0 Å². The highest BCUT2D eigenvalue weighted by Gasteiger charge is 2.28. The summed E-state index contributed by atoms with van der Waals surface area (Å²) in [4.78, 5) is 20.6. The van der Waals surface area contributed by atoms with Gasteiger partial charge in [0.1, 0.15) is 0 Å². The summed E-state index contributed by atoms with van der Waals surface area (Å²) >= 11 is 1.77. The maximum atomic E-state index is 12.6. The Morgan fingerprint density at radius 1 is 1.33 bits per heavy atom. The van der Waals surface area contributed by atoms with Gasteiger partial charge in [-0.1, -0.05) is 44.2 Å². The predicted molar refractivity (Wildman–Crippen MR) is 98.2 cm³/mol. The molecule has 3 rings (SSSR count). The smallest absolute Gasteiger partial charge is 0.237 e. The fourth-order valence-corrected chi connectivity index (χ4v) is 3.99. The molecule has 24 heavy (non-hydrogen) atoms. The van der Waals surface area contributed by atoms with Gasteiger partial charge >= 0.3 is 0 Å². The zero-order chi connectivity index (χ0) is 16.9. The molecule has 1 aromatic heterocycles. The number of hydrogen-bond acceptors (Lipinski definition) is 4. The number of benzene rings is 1. The van der Waals surface area contributed by atoms with Gasteiger partial charge in [0.2, 0.25) is 5.91 Å². The van der Waals surface area contributed by atoms with Crippen LogP contribution < -0.4 is 5.32 Å². The summed E-state index contributed by atoms with van der Waals surface area (Å²) in [5.74, 6) is 0.598. The van der Waals surface area contributed by atoms with E-state index >= 15 is 0 Å². The number of carbonyl (C=O) groups excluding carboxylic acids is 1. The summed E-state index contributed by atoms with van der Waals surface area (Å²) in [6, 6.07) is 10.2. The summed E-state index contributed by atoms with van der Waals surface area (Å²) in [5, 5.41) is 4.23. The van der Waals surface area contributed by atoms with E-state index in [0.29, 0.717) is 5.92 Å². The highest BCUT2D eigenvalue weighted by Crippen LogP contribution is 2.24. The molecule has 0 aliphatic carbocycles. The number of carbonyl (C=O) groups is 1. The Bertz CT molecular complexity index is 668. The summed E-state index contributed by atoms with van der Waals surface area (Å²) in [6.07, 6.45) is 3.72. The summed E-state index contributed by atoms with van der Waals surface area (Å²) in [6.45, 7) is 6.83. The lowest BCUT2D eigenvalue weighted by Gasteiger charge is -2.27. The zero-order valence-electron chi connectivity index (χ0n) is 14.4. The zero-order valence-corrected chi connectivity index (χ0v) is 15.2. The highest BCUT2D eigenvalue weighted by molar-refractivity contribution is 7.11. The number of nitrogens with one attached hydrogen (secondary N) is 1. The molecule has 1 aromatic carbocycles. The van der Waals surface area contributed by atoms with E-state index in [2.05, 4.69) is 41.2 Å². The van der Waals surface area contributed by atoms with E-state index in [0.717, 1.165) is 32.5 Å². The van der Waals surface area contributed by atoms with E-state index in [4.69, 9.17) is 0 Å². The van der Waals surface area contributed by atoms with E-state index in [1.54, 1.807) is 11.3 Å². The molecular formula is C19H25N3OS. The van der Waals surface area contributed by atoms with Crippen LogP contribution in [0.2, 0.25) is 0 Å². The van der Waals surface area contributed by atoms with Crippen LogP contribution >= 0.6 is 11.3 Å². The number of thiazole rings is 1. The normalized spacial score (nSPS) is 19.3. The van der Waals surface area contributed by atoms with Crippen LogP contribution in [0.25, 0.3) is 0 Å². The van der Waals surface area contributed by atoms with Crippen LogP contribution in [0.4, 0.5) is 0 Å². The maximum Gasteiger partial charge on any atom is 0.237 e. The van der Waals surface area contributed by atoms with Gasteiger partial charge in [-0.3, -0.25) is 9.69 Å². The Hall–Kier alpha value is -1.72. The molecule has 1 aliphatic heterocycles.